The van der Waals surface area contributed by atoms with Gasteiger partial charge in [0.2, 0.25) is 0 Å². The van der Waals surface area contributed by atoms with Crippen molar-refractivity contribution < 1.29 is 24.2 Å². The molecule has 6 nitrogen and oxygen atoms in total. The van der Waals surface area contributed by atoms with Crippen LogP contribution in [0.4, 0.5) is 5.69 Å². The second kappa shape index (κ2) is 9.62. The Kier molecular flexibility index (Phi) is 7.23. The topological polar surface area (TPSA) is 84.9 Å². The first-order valence-corrected chi connectivity index (χ1v) is 8.84. The Balaban J connectivity index is 1.95. The zero-order valence-corrected chi connectivity index (χ0v) is 15.8. The molecule has 0 aliphatic heterocycles. The second-order valence-electron chi connectivity index (χ2n) is 6.67. The molecule has 2 aromatic carbocycles. The van der Waals surface area contributed by atoms with Crippen molar-refractivity contribution in [2.75, 3.05) is 18.5 Å². The summed E-state index contributed by atoms with van der Waals surface area (Å²) in [6.45, 7) is 6.34. The number of rotatable bonds is 9. The van der Waals surface area contributed by atoms with Crippen LogP contribution in [0.25, 0.3) is 0 Å². The summed E-state index contributed by atoms with van der Waals surface area (Å²) in [5.74, 6) is 0.492. The van der Waals surface area contributed by atoms with Crippen LogP contribution in [-0.4, -0.2) is 30.2 Å². The number of ether oxygens (including phenoxy) is 2. The minimum atomic E-state index is -1.04. The van der Waals surface area contributed by atoms with Crippen LogP contribution >= 0.6 is 0 Å². The monoisotopic (exact) mass is 371 g/mol. The molecule has 0 saturated carbocycles. The Hall–Kier alpha value is -3.02. The Morgan fingerprint density at radius 3 is 2.30 bits per heavy atom. The summed E-state index contributed by atoms with van der Waals surface area (Å²) in [5, 5.41) is 11.5. The van der Waals surface area contributed by atoms with Gasteiger partial charge in [0.1, 0.15) is 11.5 Å². The molecular weight excluding hydrogens is 346 g/mol. The maximum atomic E-state index is 12.4. The lowest BCUT2D eigenvalue weighted by Gasteiger charge is -2.11. The fourth-order valence-electron chi connectivity index (χ4n) is 2.32. The lowest BCUT2D eigenvalue weighted by atomic mass is 10.1. The lowest BCUT2D eigenvalue weighted by Crippen LogP contribution is -2.13. The fourth-order valence-corrected chi connectivity index (χ4v) is 2.32. The zero-order valence-electron chi connectivity index (χ0n) is 15.8. The van der Waals surface area contributed by atoms with Crippen molar-refractivity contribution in [3.05, 3.63) is 53.6 Å². The molecule has 2 rings (SSSR count). The lowest BCUT2D eigenvalue weighted by molar-refractivity contribution is -0.139. The van der Waals surface area contributed by atoms with Crippen LogP contribution in [0.3, 0.4) is 0 Å². The van der Waals surface area contributed by atoms with E-state index in [4.69, 9.17) is 14.6 Å². The summed E-state index contributed by atoms with van der Waals surface area (Å²) in [4.78, 5) is 23.0. The summed E-state index contributed by atoms with van der Waals surface area (Å²) in [6, 6.07) is 12.0. The Labute approximate surface area is 159 Å². The van der Waals surface area contributed by atoms with Gasteiger partial charge >= 0.3 is 5.97 Å². The average molecular weight is 371 g/mol. The predicted octanol–water partition coefficient (Wildman–Crippen LogP) is 4.14. The highest BCUT2D eigenvalue weighted by molar-refractivity contribution is 6.04. The van der Waals surface area contributed by atoms with E-state index in [2.05, 4.69) is 19.2 Å². The van der Waals surface area contributed by atoms with Crippen molar-refractivity contribution in [2.45, 2.75) is 27.2 Å². The minimum Gasteiger partial charge on any atom is -0.494 e. The quantitative estimate of drug-likeness (QED) is 0.692. The highest BCUT2D eigenvalue weighted by Crippen LogP contribution is 2.22. The number of amides is 1. The van der Waals surface area contributed by atoms with Gasteiger partial charge in [0.05, 0.1) is 6.61 Å². The van der Waals surface area contributed by atoms with Gasteiger partial charge in [-0.1, -0.05) is 13.8 Å². The molecule has 6 heteroatoms. The van der Waals surface area contributed by atoms with E-state index >= 15 is 0 Å². The van der Waals surface area contributed by atoms with Crippen molar-refractivity contribution in [1.29, 1.82) is 0 Å². The predicted molar refractivity (Wildman–Crippen MR) is 104 cm³/mol. The standard InChI is InChI=1S/C21H25NO5/c1-14(2)10-11-26-17-6-4-16(5-7-17)21(25)22-19-9-8-18(12-15(19)3)27-13-20(23)24/h4-9,12,14H,10-11,13H2,1-3H3,(H,22,25)(H,23,24). The molecule has 0 bridgehead atoms. The number of carboxylic acids is 1. The first-order valence-electron chi connectivity index (χ1n) is 8.84. The van der Waals surface area contributed by atoms with E-state index in [0.29, 0.717) is 29.5 Å². The number of hydrogen-bond acceptors (Lipinski definition) is 4. The van der Waals surface area contributed by atoms with E-state index in [9.17, 15) is 9.59 Å². The number of hydrogen-bond donors (Lipinski definition) is 2. The van der Waals surface area contributed by atoms with E-state index in [1.54, 1.807) is 42.5 Å². The van der Waals surface area contributed by atoms with Crippen LogP contribution in [-0.2, 0) is 4.79 Å². The summed E-state index contributed by atoms with van der Waals surface area (Å²) in [6.07, 6.45) is 0.980. The summed E-state index contributed by atoms with van der Waals surface area (Å²) in [5.41, 5.74) is 1.94. The van der Waals surface area contributed by atoms with Gasteiger partial charge in [-0.3, -0.25) is 4.79 Å². The molecule has 0 saturated heterocycles. The van der Waals surface area contributed by atoms with E-state index in [1.165, 1.54) is 0 Å². The minimum absolute atomic E-state index is 0.231. The molecular formula is C21H25NO5. The van der Waals surface area contributed by atoms with Crippen molar-refractivity contribution in [1.82, 2.24) is 0 Å². The van der Waals surface area contributed by atoms with Crippen molar-refractivity contribution in [3.63, 3.8) is 0 Å². The van der Waals surface area contributed by atoms with Gasteiger partial charge in [-0.25, -0.2) is 4.79 Å². The number of carboxylic acid groups (broad SMARTS) is 1. The summed E-state index contributed by atoms with van der Waals surface area (Å²) < 4.78 is 10.8. The highest BCUT2D eigenvalue weighted by atomic mass is 16.5. The van der Waals surface area contributed by atoms with Crippen LogP contribution in [0.1, 0.15) is 36.2 Å². The number of anilines is 1. The van der Waals surface area contributed by atoms with Gasteiger partial charge < -0.3 is 19.9 Å². The molecule has 27 heavy (non-hydrogen) atoms. The largest absolute Gasteiger partial charge is 0.494 e. The van der Waals surface area contributed by atoms with Gasteiger partial charge in [0, 0.05) is 11.3 Å². The van der Waals surface area contributed by atoms with E-state index < -0.39 is 12.6 Å². The number of aryl methyl sites for hydroxylation is 1. The van der Waals surface area contributed by atoms with Crippen molar-refractivity contribution in [3.8, 4) is 11.5 Å². The third kappa shape index (κ3) is 6.66. The molecule has 144 valence electrons. The van der Waals surface area contributed by atoms with Crippen LogP contribution in [0.15, 0.2) is 42.5 Å². The number of carbonyl (C=O) groups is 2. The Morgan fingerprint density at radius 2 is 1.70 bits per heavy atom. The fraction of sp³-hybridized carbons (Fsp3) is 0.333. The smallest absolute Gasteiger partial charge is 0.341 e. The summed E-state index contributed by atoms with van der Waals surface area (Å²) in [7, 11) is 0. The van der Waals surface area contributed by atoms with Crippen LogP contribution in [0, 0.1) is 12.8 Å². The molecule has 2 aromatic rings. The van der Waals surface area contributed by atoms with Gasteiger partial charge in [0.25, 0.3) is 5.91 Å². The molecule has 0 aliphatic carbocycles. The average Bonchev–Trinajstić information content (AvgIpc) is 2.62. The first kappa shape index (κ1) is 20.3. The molecule has 0 unspecified atom stereocenters. The van der Waals surface area contributed by atoms with E-state index in [0.717, 1.165) is 17.7 Å². The van der Waals surface area contributed by atoms with Crippen LogP contribution in [0.2, 0.25) is 0 Å². The molecule has 1 amide bonds. The van der Waals surface area contributed by atoms with Crippen LogP contribution < -0.4 is 14.8 Å². The number of carbonyl (C=O) groups excluding carboxylic acids is 1. The maximum Gasteiger partial charge on any atom is 0.341 e. The third-order valence-electron chi connectivity index (χ3n) is 3.89. The maximum absolute atomic E-state index is 12.4. The highest BCUT2D eigenvalue weighted by Gasteiger charge is 2.09. The SMILES string of the molecule is Cc1cc(OCC(=O)O)ccc1NC(=O)c1ccc(OCCC(C)C)cc1. The van der Waals surface area contributed by atoms with Gasteiger partial charge in [-0.2, -0.15) is 0 Å². The third-order valence-corrected chi connectivity index (χ3v) is 3.89. The number of aliphatic carboxylic acids is 1. The van der Waals surface area contributed by atoms with Crippen LogP contribution in [0.5, 0.6) is 11.5 Å². The molecule has 0 aromatic heterocycles. The van der Waals surface area contributed by atoms with Crippen molar-refractivity contribution >= 4 is 17.6 Å². The van der Waals surface area contributed by atoms with Gasteiger partial charge in [-0.15, -0.1) is 0 Å². The number of benzene rings is 2. The molecule has 0 heterocycles. The second-order valence-corrected chi connectivity index (χ2v) is 6.67. The van der Waals surface area contributed by atoms with E-state index in [1.807, 2.05) is 6.92 Å². The molecule has 0 fully saturated rings. The molecule has 0 aliphatic rings. The molecule has 0 radical (unpaired) electrons. The van der Waals surface area contributed by atoms with Gasteiger partial charge in [-0.05, 0) is 67.3 Å². The Bertz CT molecular complexity index is 784. The van der Waals surface area contributed by atoms with E-state index in [-0.39, 0.29) is 5.91 Å². The number of nitrogens with one attached hydrogen (secondary N) is 1. The Morgan fingerprint density at radius 1 is 1.04 bits per heavy atom. The van der Waals surface area contributed by atoms with Gasteiger partial charge in [0.15, 0.2) is 6.61 Å². The normalized spacial score (nSPS) is 10.5. The molecule has 2 N–H and O–H groups in total. The zero-order chi connectivity index (χ0) is 19.8. The molecule has 0 atom stereocenters. The first-order chi connectivity index (χ1) is 12.8. The molecule has 0 spiro atoms. The van der Waals surface area contributed by atoms with Crippen molar-refractivity contribution in [2.24, 2.45) is 5.92 Å². The summed E-state index contributed by atoms with van der Waals surface area (Å²) >= 11 is 0.